The van der Waals surface area contributed by atoms with Gasteiger partial charge in [0, 0.05) is 24.0 Å². The summed E-state index contributed by atoms with van der Waals surface area (Å²) in [4.78, 5) is 26.3. The highest BCUT2D eigenvalue weighted by Crippen LogP contribution is 2.42. The zero-order valence-electron chi connectivity index (χ0n) is 21.3. The highest BCUT2D eigenvalue weighted by atomic mass is 16.5. The van der Waals surface area contributed by atoms with Gasteiger partial charge in [0.05, 0.1) is 11.1 Å². The molecule has 0 fully saturated rings. The Morgan fingerprint density at radius 3 is 1.43 bits per heavy atom. The molecule has 40 heavy (non-hydrogen) atoms. The van der Waals surface area contributed by atoms with Crippen molar-refractivity contribution in [3.8, 4) is 34.5 Å². The van der Waals surface area contributed by atoms with Crippen LogP contribution < -0.4 is 18.9 Å². The Morgan fingerprint density at radius 1 is 0.500 bits per heavy atom. The third kappa shape index (κ3) is 4.35. The SMILES string of the molecule is O=C(Oc1cccc2c1Cc1ccccc1O2)c1cccc(C(=O)Oc2cccc3c2Cc2ccccc2O3)c1. The van der Waals surface area contributed by atoms with Crippen molar-refractivity contribution in [2.45, 2.75) is 12.8 Å². The van der Waals surface area contributed by atoms with Crippen molar-refractivity contribution in [1.82, 2.24) is 0 Å². The normalized spacial score (nSPS) is 12.4. The third-order valence-electron chi connectivity index (χ3n) is 7.04. The van der Waals surface area contributed by atoms with Gasteiger partial charge in [0.1, 0.15) is 34.5 Å². The summed E-state index contributed by atoms with van der Waals surface area (Å²) in [5.41, 5.74) is 4.08. The molecular formula is C34H22O6. The quantitative estimate of drug-likeness (QED) is 0.175. The average molecular weight is 527 g/mol. The number of esters is 2. The number of benzene rings is 5. The lowest BCUT2D eigenvalue weighted by Gasteiger charge is -2.22. The summed E-state index contributed by atoms with van der Waals surface area (Å²) in [6, 6.07) is 32.6. The monoisotopic (exact) mass is 526 g/mol. The van der Waals surface area contributed by atoms with Crippen molar-refractivity contribution in [1.29, 1.82) is 0 Å². The maximum atomic E-state index is 13.2. The highest BCUT2D eigenvalue weighted by Gasteiger charge is 2.24. The fourth-order valence-corrected chi connectivity index (χ4v) is 5.03. The first kappa shape index (κ1) is 23.7. The molecule has 0 spiro atoms. The van der Waals surface area contributed by atoms with E-state index in [0.717, 1.165) is 33.8 Å². The summed E-state index contributed by atoms with van der Waals surface area (Å²) in [5.74, 6) is 2.56. The van der Waals surface area contributed by atoms with Gasteiger partial charge >= 0.3 is 11.9 Å². The van der Waals surface area contributed by atoms with Gasteiger partial charge in [-0.15, -0.1) is 0 Å². The highest BCUT2D eigenvalue weighted by molar-refractivity contribution is 5.97. The van der Waals surface area contributed by atoms with Crippen molar-refractivity contribution >= 4 is 11.9 Å². The van der Waals surface area contributed by atoms with Crippen LogP contribution in [0.2, 0.25) is 0 Å². The molecule has 0 aromatic heterocycles. The van der Waals surface area contributed by atoms with Gasteiger partial charge in [-0.1, -0.05) is 54.6 Å². The van der Waals surface area contributed by atoms with Gasteiger partial charge in [-0.25, -0.2) is 9.59 Å². The second-order valence-electron chi connectivity index (χ2n) is 9.60. The maximum Gasteiger partial charge on any atom is 0.343 e. The molecule has 2 heterocycles. The van der Waals surface area contributed by atoms with Crippen LogP contribution in [0, 0.1) is 0 Å². The summed E-state index contributed by atoms with van der Waals surface area (Å²) in [6.07, 6.45) is 1.16. The molecule has 7 rings (SSSR count). The van der Waals surface area contributed by atoms with E-state index >= 15 is 0 Å². The molecule has 0 saturated heterocycles. The number of para-hydroxylation sites is 2. The van der Waals surface area contributed by atoms with Crippen LogP contribution in [-0.2, 0) is 12.8 Å². The molecule has 2 aliphatic heterocycles. The minimum absolute atomic E-state index is 0.233. The molecule has 0 N–H and O–H groups in total. The first-order valence-corrected chi connectivity index (χ1v) is 12.9. The van der Waals surface area contributed by atoms with Crippen molar-refractivity contribution < 1.29 is 28.5 Å². The fourth-order valence-electron chi connectivity index (χ4n) is 5.03. The zero-order valence-corrected chi connectivity index (χ0v) is 21.3. The molecule has 0 saturated carbocycles. The summed E-state index contributed by atoms with van der Waals surface area (Å²) in [6.45, 7) is 0. The van der Waals surface area contributed by atoms with Gasteiger partial charge in [-0.2, -0.15) is 0 Å². The summed E-state index contributed by atoms with van der Waals surface area (Å²) >= 11 is 0. The van der Waals surface area contributed by atoms with E-state index in [1.807, 2.05) is 60.7 Å². The zero-order chi connectivity index (χ0) is 27.1. The van der Waals surface area contributed by atoms with E-state index < -0.39 is 11.9 Å². The predicted octanol–water partition coefficient (Wildman–Crippen LogP) is 7.52. The molecule has 0 amide bonds. The largest absolute Gasteiger partial charge is 0.457 e. The fraction of sp³-hybridized carbons (Fsp3) is 0.0588. The van der Waals surface area contributed by atoms with Crippen molar-refractivity contribution in [3.63, 3.8) is 0 Å². The maximum absolute atomic E-state index is 13.2. The lowest BCUT2D eigenvalue weighted by atomic mass is 9.99. The number of carbonyl (C=O) groups excluding carboxylic acids is 2. The van der Waals surface area contributed by atoms with Gasteiger partial charge < -0.3 is 18.9 Å². The molecule has 0 unspecified atom stereocenters. The number of carbonyl (C=O) groups is 2. The molecular weight excluding hydrogens is 504 g/mol. The lowest BCUT2D eigenvalue weighted by molar-refractivity contribution is 0.0732. The van der Waals surface area contributed by atoms with E-state index in [-0.39, 0.29) is 11.1 Å². The van der Waals surface area contributed by atoms with E-state index in [0.29, 0.717) is 35.8 Å². The van der Waals surface area contributed by atoms with E-state index in [1.165, 1.54) is 6.07 Å². The van der Waals surface area contributed by atoms with Gasteiger partial charge in [0.15, 0.2) is 0 Å². The Kier molecular flexibility index (Phi) is 5.78. The lowest BCUT2D eigenvalue weighted by Crippen LogP contribution is -2.15. The molecule has 6 nitrogen and oxygen atoms in total. The van der Waals surface area contributed by atoms with E-state index in [2.05, 4.69) is 0 Å². The van der Waals surface area contributed by atoms with E-state index in [9.17, 15) is 9.59 Å². The molecule has 0 atom stereocenters. The van der Waals surface area contributed by atoms with Gasteiger partial charge in [0.25, 0.3) is 0 Å². The Balaban J connectivity index is 1.10. The molecule has 5 aromatic rings. The van der Waals surface area contributed by atoms with E-state index in [4.69, 9.17) is 18.9 Å². The number of rotatable bonds is 4. The van der Waals surface area contributed by atoms with Crippen molar-refractivity contribution in [3.05, 3.63) is 143 Å². The van der Waals surface area contributed by atoms with Gasteiger partial charge in [0.2, 0.25) is 0 Å². The van der Waals surface area contributed by atoms with Crippen LogP contribution in [-0.4, -0.2) is 11.9 Å². The summed E-state index contributed by atoms with van der Waals surface area (Å²) in [5, 5.41) is 0. The van der Waals surface area contributed by atoms with Gasteiger partial charge in [-0.05, 0) is 65.7 Å². The van der Waals surface area contributed by atoms with Crippen LogP contribution in [0.4, 0.5) is 0 Å². The number of hydrogen-bond donors (Lipinski definition) is 0. The molecule has 0 bridgehead atoms. The van der Waals surface area contributed by atoms with E-state index in [1.54, 1.807) is 42.5 Å². The Labute approximate surface area is 230 Å². The molecule has 0 aliphatic carbocycles. The third-order valence-corrected chi connectivity index (χ3v) is 7.04. The Hall–Kier alpha value is -5.36. The molecule has 194 valence electrons. The topological polar surface area (TPSA) is 71.1 Å². The Morgan fingerprint density at radius 2 is 0.925 bits per heavy atom. The van der Waals surface area contributed by atoms with Crippen LogP contribution in [0.15, 0.2) is 109 Å². The smallest absolute Gasteiger partial charge is 0.343 e. The Bertz CT molecular complexity index is 1680. The number of hydrogen-bond acceptors (Lipinski definition) is 6. The molecule has 6 heteroatoms. The number of ether oxygens (including phenoxy) is 4. The molecule has 0 radical (unpaired) electrons. The second-order valence-corrected chi connectivity index (χ2v) is 9.60. The number of fused-ring (bicyclic) bond motifs is 4. The van der Waals surface area contributed by atoms with Gasteiger partial charge in [-0.3, -0.25) is 0 Å². The van der Waals surface area contributed by atoms with Crippen LogP contribution in [0.3, 0.4) is 0 Å². The summed E-state index contributed by atoms with van der Waals surface area (Å²) in [7, 11) is 0. The van der Waals surface area contributed by atoms with Crippen LogP contribution >= 0.6 is 0 Å². The second kappa shape index (κ2) is 9.75. The first-order valence-electron chi connectivity index (χ1n) is 12.9. The van der Waals surface area contributed by atoms with Crippen molar-refractivity contribution in [2.24, 2.45) is 0 Å². The van der Waals surface area contributed by atoms with Crippen molar-refractivity contribution in [2.75, 3.05) is 0 Å². The van der Waals surface area contributed by atoms with Crippen LogP contribution in [0.25, 0.3) is 0 Å². The van der Waals surface area contributed by atoms with Crippen LogP contribution in [0.5, 0.6) is 34.5 Å². The summed E-state index contributed by atoms with van der Waals surface area (Å²) < 4.78 is 23.6. The minimum Gasteiger partial charge on any atom is -0.457 e. The molecule has 5 aromatic carbocycles. The standard InChI is InChI=1S/C34H22O6/c35-33(39-31-16-6-14-29-25(31)19-21-8-1-3-12-27(21)37-29)23-10-5-11-24(18-23)34(36)40-32-17-7-15-30-26(32)20-22-9-2-4-13-28(22)38-30/h1-18H,19-20H2. The minimum atomic E-state index is -0.580. The predicted molar refractivity (Wildman–Crippen MR) is 148 cm³/mol. The average Bonchev–Trinajstić information content (AvgIpc) is 2.99. The van der Waals surface area contributed by atoms with Crippen LogP contribution in [0.1, 0.15) is 43.0 Å². The molecule has 2 aliphatic rings. The first-order chi connectivity index (χ1) is 19.6.